The predicted octanol–water partition coefficient (Wildman–Crippen LogP) is 0.705. The molecule has 21 heavy (non-hydrogen) atoms. The van der Waals surface area contributed by atoms with Crippen molar-refractivity contribution in [3.8, 4) is 0 Å². The Morgan fingerprint density at radius 1 is 1.38 bits per heavy atom. The van der Waals surface area contributed by atoms with Crippen LogP contribution in [0.2, 0.25) is 6.32 Å². The first-order valence-corrected chi connectivity index (χ1v) is 7.91. The van der Waals surface area contributed by atoms with Crippen LogP contribution in [0.4, 0.5) is 0 Å². The maximum Gasteiger partial charge on any atom is 0.339 e. The van der Waals surface area contributed by atoms with Crippen LogP contribution in [0.1, 0.15) is 45.4 Å². The quantitative estimate of drug-likeness (QED) is 0.590. The number of rotatable bonds is 4. The molecule has 4 atom stereocenters. The van der Waals surface area contributed by atoms with Crippen LogP contribution in [0, 0.1) is 11.8 Å². The second-order valence-corrected chi connectivity index (χ2v) is 6.77. The molecule has 2 saturated heterocycles. The molecule has 0 bridgehead atoms. The van der Waals surface area contributed by atoms with E-state index in [0.717, 1.165) is 25.7 Å². The third-order valence-corrected chi connectivity index (χ3v) is 5.71. The molecular formula is C15H22BNO4. The van der Waals surface area contributed by atoms with Crippen LogP contribution in [0.25, 0.3) is 0 Å². The molecule has 5 nitrogen and oxygen atoms in total. The van der Waals surface area contributed by atoms with Gasteiger partial charge in [-0.2, -0.15) is 0 Å². The smallest absolute Gasteiger partial charge is 0.339 e. The normalized spacial score (nSPS) is 41.0. The maximum atomic E-state index is 12.3. The second kappa shape index (κ2) is 5.01. The van der Waals surface area contributed by atoms with Crippen molar-refractivity contribution in [1.29, 1.82) is 0 Å². The van der Waals surface area contributed by atoms with Crippen LogP contribution >= 0.6 is 0 Å². The molecule has 2 aliphatic heterocycles. The molecular weight excluding hydrogens is 269 g/mol. The molecule has 2 radical (unpaired) electrons. The van der Waals surface area contributed by atoms with E-state index in [4.69, 9.17) is 12.6 Å². The molecule has 2 heterocycles. The summed E-state index contributed by atoms with van der Waals surface area (Å²) in [6.07, 6.45) is 4.99. The number of hydrogen-bond donors (Lipinski definition) is 2. The minimum Gasteiger partial charge on any atom is -0.453 e. The summed E-state index contributed by atoms with van der Waals surface area (Å²) >= 11 is 0. The first kappa shape index (κ1) is 14.9. The van der Waals surface area contributed by atoms with Crippen LogP contribution in [0.15, 0.2) is 0 Å². The number of ether oxygens (including phenoxy) is 1. The van der Waals surface area contributed by atoms with E-state index in [-0.39, 0.29) is 11.8 Å². The molecule has 4 unspecified atom stereocenters. The molecule has 2 N–H and O–H groups in total. The summed E-state index contributed by atoms with van der Waals surface area (Å²) in [6, 6.07) is 0. The average molecular weight is 291 g/mol. The third kappa shape index (κ3) is 1.81. The Labute approximate surface area is 126 Å². The number of carbonyl (C=O) groups is 2. The van der Waals surface area contributed by atoms with Crippen molar-refractivity contribution in [2.45, 2.75) is 69.0 Å². The second-order valence-electron chi connectivity index (χ2n) is 6.77. The van der Waals surface area contributed by atoms with E-state index in [1.807, 2.05) is 0 Å². The zero-order valence-corrected chi connectivity index (χ0v) is 12.4. The number of hydrogen-bond acceptors (Lipinski definition) is 4. The van der Waals surface area contributed by atoms with Crippen molar-refractivity contribution in [2.75, 3.05) is 0 Å². The first-order valence-electron chi connectivity index (χ1n) is 7.91. The summed E-state index contributed by atoms with van der Waals surface area (Å²) in [4.78, 5) is 24.4. The zero-order valence-electron chi connectivity index (χ0n) is 12.4. The van der Waals surface area contributed by atoms with Crippen LogP contribution < -0.4 is 5.32 Å². The van der Waals surface area contributed by atoms with Crippen molar-refractivity contribution >= 4 is 19.7 Å². The number of nitrogens with one attached hydrogen (secondary N) is 1. The van der Waals surface area contributed by atoms with E-state index in [9.17, 15) is 14.7 Å². The van der Waals surface area contributed by atoms with Gasteiger partial charge in [0.05, 0.1) is 19.9 Å². The molecule has 3 aliphatic rings. The summed E-state index contributed by atoms with van der Waals surface area (Å²) in [7, 11) is 5.57. The van der Waals surface area contributed by atoms with Crippen molar-refractivity contribution in [2.24, 2.45) is 11.8 Å². The molecule has 0 aromatic rings. The fourth-order valence-electron chi connectivity index (χ4n) is 4.43. The summed E-state index contributed by atoms with van der Waals surface area (Å²) in [5.41, 5.74) is -2.25. The van der Waals surface area contributed by atoms with Crippen molar-refractivity contribution < 1.29 is 19.4 Å². The van der Waals surface area contributed by atoms with Gasteiger partial charge in [0.1, 0.15) is 0 Å². The minimum absolute atomic E-state index is 0.0443. The average Bonchev–Trinajstić information content (AvgIpc) is 2.65. The van der Waals surface area contributed by atoms with Gasteiger partial charge in [0, 0.05) is 0 Å². The van der Waals surface area contributed by atoms with E-state index in [1.54, 1.807) is 6.92 Å². The lowest BCUT2D eigenvalue weighted by Gasteiger charge is -2.55. The molecule has 0 spiro atoms. The van der Waals surface area contributed by atoms with Crippen LogP contribution in [0.3, 0.4) is 0 Å². The SMILES string of the molecule is [B]CCC1C(=O)NC2(C(O)C3CCCCC3)C(=O)OC12C. The Bertz CT molecular complexity index is 465. The maximum absolute atomic E-state index is 12.3. The lowest BCUT2D eigenvalue weighted by Crippen LogP contribution is -2.80. The van der Waals surface area contributed by atoms with E-state index in [0.29, 0.717) is 12.7 Å². The number of carbonyl (C=O) groups excluding carboxylic acids is 2. The summed E-state index contributed by atoms with van der Waals surface area (Å²) in [5, 5.41) is 13.6. The fraction of sp³-hybridized carbons (Fsp3) is 0.867. The Morgan fingerprint density at radius 3 is 2.62 bits per heavy atom. The van der Waals surface area contributed by atoms with E-state index < -0.39 is 29.1 Å². The van der Waals surface area contributed by atoms with Crippen molar-refractivity contribution in [3.63, 3.8) is 0 Å². The number of aliphatic hydroxyl groups excluding tert-OH is 1. The largest absolute Gasteiger partial charge is 0.453 e. The molecule has 3 rings (SSSR count). The molecule has 0 aromatic heterocycles. The van der Waals surface area contributed by atoms with E-state index >= 15 is 0 Å². The Balaban J connectivity index is 1.90. The fourth-order valence-corrected chi connectivity index (χ4v) is 4.43. The van der Waals surface area contributed by atoms with Gasteiger partial charge >= 0.3 is 5.97 Å². The topological polar surface area (TPSA) is 75.6 Å². The van der Waals surface area contributed by atoms with Crippen molar-refractivity contribution in [1.82, 2.24) is 5.32 Å². The van der Waals surface area contributed by atoms with Crippen LogP contribution in [-0.4, -0.2) is 42.1 Å². The predicted molar refractivity (Wildman–Crippen MR) is 76.6 cm³/mol. The third-order valence-electron chi connectivity index (χ3n) is 5.71. The lowest BCUT2D eigenvalue weighted by atomic mass is 9.63. The number of esters is 1. The molecule has 3 fully saturated rings. The van der Waals surface area contributed by atoms with Gasteiger partial charge in [-0.3, -0.25) is 4.79 Å². The highest BCUT2D eigenvalue weighted by Crippen LogP contribution is 2.53. The van der Waals surface area contributed by atoms with Gasteiger partial charge in [0.15, 0.2) is 5.60 Å². The van der Waals surface area contributed by atoms with Gasteiger partial charge in [-0.25, -0.2) is 4.79 Å². The van der Waals surface area contributed by atoms with Gasteiger partial charge in [-0.05, 0) is 32.1 Å². The summed E-state index contributed by atoms with van der Waals surface area (Å²) in [6.45, 7) is 1.75. The number of amides is 1. The Morgan fingerprint density at radius 2 is 2.05 bits per heavy atom. The monoisotopic (exact) mass is 291 g/mol. The van der Waals surface area contributed by atoms with E-state index in [2.05, 4.69) is 5.32 Å². The highest BCUT2D eigenvalue weighted by atomic mass is 16.6. The van der Waals surface area contributed by atoms with Gasteiger partial charge in [-0.15, -0.1) is 0 Å². The molecule has 1 saturated carbocycles. The standard InChI is InChI=1S/C15H22BNO4/c1-14-10(7-8-16)12(19)17-15(14,13(20)21-14)11(18)9-5-3-2-4-6-9/h9-11,18H,2-8H2,1H3,(H,17,19). The molecule has 1 aliphatic carbocycles. The lowest BCUT2D eigenvalue weighted by molar-refractivity contribution is -0.240. The summed E-state index contributed by atoms with van der Waals surface area (Å²) < 4.78 is 5.36. The summed E-state index contributed by atoms with van der Waals surface area (Å²) in [5.74, 6) is -1.17. The van der Waals surface area contributed by atoms with E-state index in [1.165, 1.54) is 6.42 Å². The molecule has 1 amide bonds. The van der Waals surface area contributed by atoms with Gasteiger partial charge < -0.3 is 15.2 Å². The first-order chi connectivity index (χ1) is 9.97. The highest BCUT2D eigenvalue weighted by molar-refractivity contribution is 6.09. The van der Waals surface area contributed by atoms with Gasteiger partial charge in [-0.1, -0.05) is 25.6 Å². The Hall–Kier alpha value is -1.04. The zero-order chi connectivity index (χ0) is 15.3. The molecule has 114 valence electrons. The van der Waals surface area contributed by atoms with Crippen molar-refractivity contribution in [3.05, 3.63) is 0 Å². The van der Waals surface area contributed by atoms with Gasteiger partial charge in [0.25, 0.3) is 0 Å². The molecule has 0 aromatic carbocycles. The van der Waals surface area contributed by atoms with Crippen LogP contribution in [-0.2, 0) is 14.3 Å². The molecule has 6 heteroatoms. The highest BCUT2D eigenvalue weighted by Gasteiger charge is 2.79. The Kier molecular flexibility index (Phi) is 3.55. The minimum atomic E-state index is -1.27. The van der Waals surface area contributed by atoms with Crippen LogP contribution in [0.5, 0.6) is 0 Å². The number of aliphatic hydroxyl groups is 1. The van der Waals surface area contributed by atoms with Gasteiger partial charge in [0.2, 0.25) is 11.4 Å². The number of fused-ring (bicyclic) bond motifs is 1.